The second-order valence-electron chi connectivity index (χ2n) is 6.28. The van der Waals surface area contributed by atoms with Crippen molar-refractivity contribution in [1.82, 2.24) is 4.90 Å². The summed E-state index contributed by atoms with van der Waals surface area (Å²) in [6.45, 7) is 8.10. The molecule has 18 heavy (non-hydrogen) atoms. The van der Waals surface area contributed by atoms with E-state index in [-0.39, 0.29) is 29.7 Å². The minimum atomic E-state index is -0.164. The van der Waals surface area contributed by atoms with Gasteiger partial charge in [0.05, 0.1) is 6.04 Å². The number of hydrogen-bond donors (Lipinski definition) is 0. The Bertz CT molecular complexity index is 346. The van der Waals surface area contributed by atoms with Crippen LogP contribution in [0.4, 0.5) is 0 Å². The van der Waals surface area contributed by atoms with Gasteiger partial charge in [-0.2, -0.15) is 0 Å². The van der Waals surface area contributed by atoms with Gasteiger partial charge in [-0.15, -0.1) is 0 Å². The molecule has 0 aromatic rings. The molecule has 3 atom stereocenters. The average Bonchev–Trinajstić information content (AvgIpc) is 3.06. The molecule has 1 aliphatic carbocycles. The van der Waals surface area contributed by atoms with Crippen LogP contribution in [0.5, 0.6) is 0 Å². The monoisotopic (exact) mass is 251 g/mol. The molecule has 1 saturated carbocycles. The normalized spacial score (nSPS) is 32.1. The molecule has 1 saturated heterocycles. The molecule has 0 radical (unpaired) electrons. The first kappa shape index (κ1) is 13.6. The summed E-state index contributed by atoms with van der Waals surface area (Å²) in [5.74, 6) is 1.43. The van der Waals surface area contributed by atoms with Gasteiger partial charge < -0.3 is 4.90 Å². The maximum atomic E-state index is 12.4. The lowest BCUT2D eigenvalue weighted by molar-refractivity contribution is -0.141. The summed E-state index contributed by atoms with van der Waals surface area (Å²) in [5.41, 5.74) is 0. The molecule has 2 fully saturated rings. The zero-order chi connectivity index (χ0) is 13.4. The van der Waals surface area contributed by atoms with Crippen molar-refractivity contribution in [2.45, 2.75) is 65.5 Å². The second kappa shape index (κ2) is 5.02. The van der Waals surface area contributed by atoms with Crippen molar-refractivity contribution in [2.75, 3.05) is 0 Å². The van der Waals surface area contributed by atoms with Gasteiger partial charge in [0.1, 0.15) is 0 Å². The first-order valence-corrected chi connectivity index (χ1v) is 7.30. The van der Waals surface area contributed by atoms with Crippen molar-refractivity contribution < 1.29 is 9.59 Å². The Hall–Kier alpha value is -0.860. The number of carbonyl (C=O) groups is 2. The molecule has 1 unspecified atom stereocenters. The van der Waals surface area contributed by atoms with Crippen LogP contribution in [-0.2, 0) is 9.59 Å². The molecule has 102 valence electrons. The molecule has 2 rings (SSSR count). The van der Waals surface area contributed by atoms with E-state index >= 15 is 0 Å². The summed E-state index contributed by atoms with van der Waals surface area (Å²) in [5, 5.41) is 0. The smallest absolute Gasteiger partial charge is 0.226 e. The molecule has 0 aromatic carbocycles. The van der Waals surface area contributed by atoms with Gasteiger partial charge in [-0.25, -0.2) is 0 Å². The van der Waals surface area contributed by atoms with Crippen LogP contribution in [0.2, 0.25) is 0 Å². The second-order valence-corrected chi connectivity index (χ2v) is 6.28. The molecular weight excluding hydrogens is 226 g/mol. The topological polar surface area (TPSA) is 37.4 Å². The zero-order valence-electron chi connectivity index (χ0n) is 12.0. The highest BCUT2D eigenvalue weighted by molar-refractivity contribution is 5.90. The van der Waals surface area contributed by atoms with E-state index in [4.69, 9.17) is 0 Å². The number of amides is 1. The van der Waals surface area contributed by atoms with E-state index in [0.29, 0.717) is 11.8 Å². The molecule has 1 amide bonds. The van der Waals surface area contributed by atoms with Crippen LogP contribution >= 0.6 is 0 Å². The minimum Gasteiger partial charge on any atom is -0.329 e. The van der Waals surface area contributed by atoms with Crippen LogP contribution in [0.3, 0.4) is 0 Å². The highest BCUT2D eigenvalue weighted by atomic mass is 16.2. The average molecular weight is 251 g/mol. The van der Waals surface area contributed by atoms with Crippen molar-refractivity contribution >= 4 is 11.7 Å². The van der Waals surface area contributed by atoms with Gasteiger partial charge in [0.2, 0.25) is 5.91 Å². The number of carbonyl (C=O) groups excluding carboxylic acids is 2. The van der Waals surface area contributed by atoms with Crippen molar-refractivity contribution in [3.05, 3.63) is 0 Å². The fourth-order valence-corrected chi connectivity index (χ4v) is 3.35. The Morgan fingerprint density at radius 1 is 1.28 bits per heavy atom. The lowest BCUT2D eigenvalue weighted by atomic mass is 9.86. The largest absolute Gasteiger partial charge is 0.329 e. The molecule has 0 spiro atoms. The first-order valence-electron chi connectivity index (χ1n) is 7.30. The maximum Gasteiger partial charge on any atom is 0.226 e. The zero-order valence-corrected chi connectivity index (χ0v) is 12.0. The first-order chi connectivity index (χ1) is 8.47. The van der Waals surface area contributed by atoms with Gasteiger partial charge in [-0.1, -0.05) is 20.8 Å². The van der Waals surface area contributed by atoms with Crippen LogP contribution in [0.25, 0.3) is 0 Å². The Balaban J connectivity index is 2.25. The molecule has 1 heterocycles. The SMILES string of the molecule is CCC1C[C@H](C(C)C)[C@@H](C(C)=O)N1C(=O)C1CC1. The summed E-state index contributed by atoms with van der Waals surface area (Å²) in [6, 6.07) is 0.113. The van der Waals surface area contributed by atoms with Crippen molar-refractivity contribution in [2.24, 2.45) is 17.8 Å². The Morgan fingerprint density at radius 2 is 1.89 bits per heavy atom. The highest BCUT2D eigenvalue weighted by Crippen LogP contribution is 2.41. The van der Waals surface area contributed by atoms with Crippen molar-refractivity contribution in [1.29, 1.82) is 0 Å². The van der Waals surface area contributed by atoms with Crippen molar-refractivity contribution in [3.8, 4) is 0 Å². The minimum absolute atomic E-state index is 0.164. The van der Waals surface area contributed by atoms with Gasteiger partial charge >= 0.3 is 0 Å². The Labute approximate surface area is 110 Å². The molecule has 0 aromatic heterocycles. The summed E-state index contributed by atoms with van der Waals surface area (Å²) in [7, 11) is 0. The predicted molar refractivity (Wildman–Crippen MR) is 71.1 cm³/mol. The van der Waals surface area contributed by atoms with E-state index in [1.807, 2.05) is 4.90 Å². The standard InChI is InChI=1S/C15H25NO2/c1-5-12-8-13(9(2)3)14(10(4)17)16(12)15(18)11-6-7-11/h9,11-14H,5-8H2,1-4H3/t12?,13-,14-/m1/s1. The summed E-state index contributed by atoms with van der Waals surface area (Å²) >= 11 is 0. The third-order valence-electron chi connectivity index (χ3n) is 4.57. The van der Waals surface area contributed by atoms with Gasteiger partial charge in [0.25, 0.3) is 0 Å². The third kappa shape index (κ3) is 2.32. The van der Waals surface area contributed by atoms with Gasteiger partial charge in [0, 0.05) is 12.0 Å². The maximum absolute atomic E-state index is 12.4. The van der Waals surface area contributed by atoms with Crippen molar-refractivity contribution in [3.63, 3.8) is 0 Å². The number of ketones is 1. The fourth-order valence-electron chi connectivity index (χ4n) is 3.35. The van der Waals surface area contributed by atoms with E-state index in [0.717, 1.165) is 25.7 Å². The van der Waals surface area contributed by atoms with E-state index in [1.165, 1.54) is 0 Å². The number of Topliss-reactive ketones (excluding diaryl/α,β-unsaturated/α-hetero) is 1. The molecule has 0 bridgehead atoms. The van der Waals surface area contributed by atoms with Crippen LogP contribution in [0.15, 0.2) is 0 Å². The van der Waals surface area contributed by atoms with Crippen LogP contribution < -0.4 is 0 Å². The lowest BCUT2D eigenvalue weighted by Crippen LogP contribution is -2.47. The number of likely N-dealkylation sites (tertiary alicyclic amines) is 1. The van der Waals surface area contributed by atoms with Crippen LogP contribution in [0, 0.1) is 17.8 Å². The molecular formula is C15H25NO2. The predicted octanol–water partition coefficient (Wildman–Crippen LogP) is 2.64. The highest BCUT2D eigenvalue weighted by Gasteiger charge is 2.49. The lowest BCUT2D eigenvalue weighted by Gasteiger charge is -2.31. The van der Waals surface area contributed by atoms with E-state index < -0.39 is 0 Å². The van der Waals surface area contributed by atoms with E-state index in [9.17, 15) is 9.59 Å². The number of hydrogen-bond acceptors (Lipinski definition) is 2. The van der Waals surface area contributed by atoms with Crippen LogP contribution in [0.1, 0.15) is 53.4 Å². The quantitative estimate of drug-likeness (QED) is 0.770. The molecule has 0 N–H and O–H groups in total. The Kier molecular flexibility index (Phi) is 3.79. The fraction of sp³-hybridized carbons (Fsp3) is 0.867. The van der Waals surface area contributed by atoms with Gasteiger partial charge in [-0.05, 0) is 44.4 Å². The Morgan fingerprint density at radius 3 is 2.28 bits per heavy atom. The molecule has 2 aliphatic rings. The van der Waals surface area contributed by atoms with Gasteiger partial charge in [0.15, 0.2) is 5.78 Å². The van der Waals surface area contributed by atoms with Gasteiger partial charge in [-0.3, -0.25) is 9.59 Å². The molecule has 3 nitrogen and oxygen atoms in total. The summed E-state index contributed by atoms with van der Waals surface area (Å²) in [4.78, 5) is 26.4. The number of rotatable bonds is 4. The summed E-state index contributed by atoms with van der Waals surface area (Å²) in [6.07, 6.45) is 3.99. The third-order valence-corrected chi connectivity index (χ3v) is 4.57. The van der Waals surface area contributed by atoms with Crippen LogP contribution in [-0.4, -0.2) is 28.7 Å². The molecule has 3 heteroatoms. The summed E-state index contributed by atoms with van der Waals surface area (Å²) < 4.78 is 0. The van der Waals surface area contributed by atoms with E-state index in [2.05, 4.69) is 20.8 Å². The number of nitrogens with zero attached hydrogens (tertiary/aromatic N) is 1. The molecule has 1 aliphatic heterocycles. The van der Waals surface area contributed by atoms with E-state index in [1.54, 1.807) is 6.92 Å².